The van der Waals surface area contributed by atoms with Crippen LogP contribution in [0.5, 0.6) is 0 Å². The molecule has 1 heterocycles. The molecule has 0 saturated carbocycles. The maximum absolute atomic E-state index is 13.0. The molecule has 1 fully saturated rings. The molecule has 1 aliphatic heterocycles. The van der Waals surface area contributed by atoms with Crippen molar-refractivity contribution >= 4 is 27.5 Å². The predicted octanol–water partition coefficient (Wildman–Crippen LogP) is 2.44. The highest BCUT2D eigenvalue weighted by Gasteiger charge is 2.47. The molecule has 0 aliphatic carbocycles. The zero-order chi connectivity index (χ0) is 17.4. The van der Waals surface area contributed by atoms with Crippen LogP contribution in [0.2, 0.25) is 0 Å². The van der Waals surface area contributed by atoms with Gasteiger partial charge in [0.25, 0.3) is 0 Å². The number of hydrogen-bond donors (Lipinski definition) is 0. The van der Waals surface area contributed by atoms with Gasteiger partial charge in [-0.25, -0.2) is 8.42 Å². The van der Waals surface area contributed by atoms with E-state index in [2.05, 4.69) is 0 Å². The number of halogens is 1. The first-order valence-corrected chi connectivity index (χ1v) is 9.63. The second-order valence-corrected chi connectivity index (χ2v) is 8.49. The molecule has 0 spiro atoms. The maximum Gasteiger partial charge on any atom is 0.244 e. The lowest BCUT2D eigenvalue weighted by Crippen LogP contribution is -2.49. The molecule has 1 amide bonds. The molecule has 0 N–H and O–H groups in total. The van der Waals surface area contributed by atoms with E-state index in [1.807, 2.05) is 27.7 Å². The third-order valence-corrected chi connectivity index (χ3v) is 6.20. The Kier molecular flexibility index (Phi) is 5.38. The van der Waals surface area contributed by atoms with Gasteiger partial charge in [0.1, 0.15) is 12.0 Å². The largest absolute Gasteiger partial charge is 0.321 e. The first-order valence-electron chi connectivity index (χ1n) is 7.65. The van der Waals surface area contributed by atoms with Crippen LogP contribution in [-0.2, 0) is 14.8 Å². The zero-order valence-electron chi connectivity index (χ0n) is 13.9. The molecule has 1 aromatic rings. The van der Waals surface area contributed by atoms with Crippen LogP contribution < -0.4 is 0 Å². The lowest BCUT2D eigenvalue weighted by Gasteiger charge is -2.33. The van der Waals surface area contributed by atoms with E-state index in [-0.39, 0.29) is 35.2 Å². The highest BCUT2D eigenvalue weighted by molar-refractivity contribution is 7.89. The molecule has 5 nitrogen and oxygen atoms in total. The Hall–Kier alpha value is -1.11. The Morgan fingerprint density at radius 2 is 1.87 bits per heavy atom. The van der Waals surface area contributed by atoms with Gasteiger partial charge < -0.3 is 4.90 Å². The summed E-state index contributed by atoms with van der Waals surface area (Å²) in [6, 6.07) is 6.57. The van der Waals surface area contributed by atoms with Gasteiger partial charge in [-0.05, 0) is 31.9 Å². The number of aryl methyl sites for hydroxylation is 1. The normalized spacial score (nSPS) is 22.8. The number of amides is 1. The highest BCUT2D eigenvalue weighted by atomic mass is 35.5. The summed E-state index contributed by atoms with van der Waals surface area (Å²) >= 11 is 5.70. The number of carbonyl (C=O) groups is 1. The van der Waals surface area contributed by atoms with Gasteiger partial charge in [-0.2, -0.15) is 4.31 Å². The van der Waals surface area contributed by atoms with Crippen molar-refractivity contribution in [1.82, 2.24) is 9.21 Å². The Morgan fingerprint density at radius 3 is 2.35 bits per heavy atom. The summed E-state index contributed by atoms with van der Waals surface area (Å²) in [6.07, 6.45) is -0.512. The summed E-state index contributed by atoms with van der Waals surface area (Å²) in [5.74, 6) is -0.418. The maximum atomic E-state index is 13.0. The zero-order valence-corrected chi connectivity index (χ0v) is 15.4. The van der Waals surface area contributed by atoms with Crippen LogP contribution in [-0.4, -0.2) is 48.2 Å². The fourth-order valence-corrected chi connectivity index (χ4v) is 4.99. The van der Waals surface area contributed by atoms with Crippen molar-refractivity contribution in [2.24, 2.45) is 5.92 Å². The lowest BCUT2D eigenvalue weighted by atomic mass is 10.1. The van der Waals surface area contributed by atoms with Crippen molar-refractivity contribution in [2.45, 2.75) is 44.8 Å². The predicted molar refractivity (Wildman–Crippen MR) is 90.7 cm³/mol. The number of carbonyl (C=O) groups excluding carboxylic acids is 1. The van der Waals surface area contributed by atoms with Crippen LogP contribution in [0.3, 0.4) is 0 Å². The standard InChI is InChI=1S/C16H23ClN2O3S/c1-11(2)16-18(10-13(4)19(16)15(20)9-17)23(21,22)14-7-5-12(3)6-8-14/h5-8,11,13,16H,9-10H2,1-4H3. The quantitative estimate of drug-likeness (QED) is 0.777. The fourth-order valence-electron chi connectivity index (χ4n) is 3.06. The van der Waals surface area contributed by atoms with Crippen LogP contribution in [0, 0.1) is 12.8 Å². The first-order chi connectivity index (χ1) is 10.7. The van der Waals surface area contributed by atoms with Gasteiger partial charge in [0.2, 0.25) is 15.9 Å². The van der Waals surface area contributed by atoms with Gasteiger partial charge in [0.15, 0.2) is 0 Å². The minimum atomic E-state index is -3.66. The molecule has 0 aromatic heterocycles. The average molecular weight is 359 g/mol. The van der Waals surface area contributed by atoms with E-state index >= 15 is 0 Å². The SMILES string of the molecule is Cc1ccc(S(=O)(=O)N2CC(C)N(C(=O)CCl)C2C(C)C)cc1. The summed E-state index contributed by atoms with van der Waals surface area (Å²) in [4.78, 5) is 14.0. The molecular weight excluding hydrogens is 336 g/mol. The van der Waals surface area contributed by atoms with Gasteiger partial charge in [0.05, 0.1) is 4.90 Å². The van der Waals surface area contributed by atoms with Crippen LogP contribution in [0.1, 0.15) is 26.3 Å². The van der Waals surface area contributed by atoms with Gasteiger partial charge in [-0.1, -0.05) is 31.5 Å². The van der Waals surface area contributed by atoms with Crippen molar-refractivity contribution in [2.75, 3.05) is 12.4 Å². The van der Waals surface area contributed by atoms with E-state index in [1.54, 1.807) is 29.2 Å². The van der Waals surface area contributed by atoms with Gasteiger partial charge in [0, 0.05) is 12.6 Å². The number of nitrogens with zero attached hydrogens (tertiary/aromatic N) is 2. The van der Waals surface area contributed by atoms with E-state index in [9.17, 15) is 13.2 Å². The number of alkyl halides is 1. The molecule has 1 aromatic carbocycles. The Bertz CT molecular complexity index is 673. The number of hydrogen-bond acceptors (Lipinski definition) is 3. The summed E-state index contributed by atoms with van der Waals surface area (Å²) in [7, 11) is -3.66. The van der Waals surface area contributed by atoms with Gasteiger partial charge in [-0.3, -0.25) is 4.79 Å². The van der Waals surface area contributed by atoms with Crippen LogP contribution in [0.4, 0.5) is 0 Å². The summed E-state index contributed by atoms with van der Waals surface area (Å²) in [5, 5.41) is 0. The molecule has 1 saturated heterocycles. The van der Waals surface area contributed by atoms with Crippen LogP contribution >= 0.6 is 11.6 Å². The van der Waals surface area contributed by atoms with E-state index in [4.69, 9.17) is 11.6 Å². The summed E-state index contributed by atoms with van der Waals surface area (Å²) in [5.41, 5.74) is 0.998. The van der Waals surface area contributed by atoms with Crippen molar-refractivity contribution < 1.29 is 13.2 Å². The smallest absolute Gasteiger partial charge is 0.244 e. The van der Waals surface area contributed by atoms with Crippen LogP contribution in [0.25, 0.3) is 0 Å². The minimum Gasteiger partial charge on any atom is -0.321 e. The second-order valence-electron chi connectivity index (χ2n) is 6.33. The minimum absolute atomic E-state index is 0.0349. The van der Waals surface area contributed by atoms with E-state index in [1.165, 1.54) is 4.31 Å². The molecular formula is C16H23ClN2O3S. The van der Waals surface area contributed by atoms with Crippen molar-refractivity contribution in [1.29, 1.82) is 0 Å². The molecule has 2 atom stereocenters. The number of benzene rings is 1. The summed E-state index contributed by atoms with van der Waals surface area (Å²) in [6.45, 7) is 7.86. The molecule has 0 bridgehead atoms. The molecule has 0 radical (unpaired) electrons. The third-order valence-electron chi connectivity index (χ3n) is 4.13. The topological polar surface area (TPSA) is 57.7 Å². The molecule has 23 heavy (non-hydrogen) atoms. The first kappa shape index (κ1) is 18.2. The van der Waals surface area contributed by atoms with E-state index < -0.39 is 16.2 Å². The Balaban J connectivity index is 2.44. The molecule has 7 heteroatoms. The lowest BCUT2D eigenvalue weighted by molar-refractivity contribution is -0.132. The monoisotopic (exact) mass is 358 g/mol. The molecule has 2 rings (SSSR count). The van der Waals surface area contributed by atoms with Crippen molar-refractivity contribution in [3.8, 4) is 0 Å². The van der Waals surface area contributed by atoms with Gasteiger partial charge in [-0.15, -0.1) is 11.6 Å². The highest BCUT2D eigenvalue weighted by Crippen LogP contribution is 2.32. The number of sulfonamides is 1. The van der Waals surface area contributed by atoms with Crippen LogP contribution in [0.15, 0.2) is 29.2 Å². The second kappa shape index (κ2) is 6.79. The van der Waals surface area contributed by atoms with Gasteiger partial charge >= 0.3 is 0 Å². The fraction of sp³-hybridized carbons (Fsp3) is 0.562. The van der Waals surface area contributed by atoms with Crippen molar-refractivity contribution in [3.05, 3.63) is 29.8 Å². The molecule has 2 unspecified atom stereocenters. The Labute approximate surface area is 143 Å². The third kappa shape index (κ3) is 3.39. The number of rotatable bonds is 4. The molecule has 1 aliphatic rings. The average Bonchev–Trinajstić information content (AvgIpc) is 2.85. The Morgan fingerprint density at radius 1 is 1.30 bits per heavy atom. The van der Waals surface area contributed by atoms with E-state index in [0.717, 1.165) is 5.56 Å². The summed E-state index contributed by atoms with van der Waals surface area (Å²) < 4.78 is 27.5. The van der Waals surface area contributed by atoms with E-state index in [0.29, 0.717) is 0 Å². The molecule has 128 valence electrons. The van der Waals surface area contributed by atoms with Crippen molar-refractivity contribution in [3.63, 3.8) is 0 Å².